The molecule has 3 N–H and O–H groups in total. The number of nitrogens with two attached hydrogens (primary N) is 1. The minimum atomic E-state index is -0.342. The van der Waals surface area contributed by atoms with Gasteiger partial charge in [0, 0.05) is 26.1 Å². The van der Waals surface area contributed by atoms with Crippen molar-refractivity contribution in [2.24, 2.45) is 5.73 Å². The molecule has 2 amide bonds. The maximum atomic E-state index is 11.6. The molecule has 5 nitrogen and oxygen atoms in total. The number of nitrogens with one attached hydrogen (secondary N) is 1. The fourth-order valence-corrected chi connectivity index (χ4v) is 1.97. The predicted octanol–water partition coefficient (Wildman–Crippen LogP) is -0.148. The normalized spacial score (nSPS) is 18.2. The third-order valence-corrected chi connectivity index (χ3v) is 3.05. The number of amides is 2. The van der Waals surface area contributed by atoms with Gasteiger partial charge in [0.15, 0.2) is 0 Å². The Morgan fingerprint density at radius 2 is 1.88 bits per heavy atom. The lowest BCUT2D eigenvalue weighted by Gasteiger charge is -2.22. The Bertz CT molecular complexity index is 270. The summed E-state index contributed by atoms with van der Waals surface area (Å²) in [5.74, 6) is -0.231. The number of hydrogen-bond acceptors (Lipinski definition) is 3. The third kappa shape index (κ3) is 3.81. The lowest BCUT2D eigenvalue weighted by Crippen LogP contribution is -2.44. The van der Waals surface area contributed by atoms with Crippen LogP contribution in [0, 0.1) is 0 Å². The van der Waals surface area contributed by atoms with Crippen molar-refractivity contribution in [1.29, 1.82) is 0 Å². The van der Waals surface area contributed by atoms with Gasteiger partial charge in [-0.3, -0.25) is 9.59 Å². The molecule has 1 fully saturated rings. The van der Waals surface area contributed by atoms with E-state index in [1.165, 1.54) is 4.90 Å². The molecule has 1 aliphatic carbocycles. The number of rotatable bonds is 4. The van der Waals surface area contributed by atoms with Gasteiger partial charge in [0.25, 0.3) is 0 Å². The monoisotopic (exact) mass is 227 g/mol. The van der Waals surface area contributed by atoms with Crippen LogP contribution in [0.15, 0.2) is 0 Å². The molecule has 1 saturated carbocycles. The molecule has 0 radical (unpaired) electrons. The third-order valence-electron chi connectivity index (χ3n) is 3.05. The molecule has 1 rings (SSSR count). The SMILES string of the molecule is CN(C)C(=O)CNC(=O)CC1(N)CCCC1. The summed E-state index contributed by atoms with van der Waals surface area (Å²) in [6, 6.07) is 0. The minimum absolute atomic E-state index is 0.0575. The predicted molar refractivity (Wildman–Crippen MR) is 61.7 cm³/mol. The van der Waals surface area contributed by atoms with E-state index in [-0.39, 0.29) is 23.9 Å². The fraction of sp³-hybridized carbons (Fsp3) is 0.818. The Balaban J connectivity index is 2.28. The molecule has 92 valence electrons. The summed E-state index contributed by atoms with van der Waals surface area (Å²) in [6.07, 6.45) is 4.33. The van der Waals surface area contributed by atoms with Crippen LogP contribution >= 0.6 is 0 Å². The number of carbonyl (C=O) groups is 2. The quantitative estimate of drug-likeness (QED) is 0.701. The molecular formula is C11H21N3O2. The van der Waals surface area contributed by atoms with E-state index in [0.717, 1.165) is 25.7 Å². The van der Waals surface area contributed by atoms with Crippen LogP contribution in [0.1, 0.15) is 32.1 Å². The number of hydrogen-bond donors (Lipinski definition) is 2. The zero-order chi connectivity index (χ0) is 12.2. The van der Waals surface area contributed by atoms with Gasteiger partial charge in [0.1, 0.15) is 0 Å². The van der Waals surface area contributed by atoms with Crippen LogP contribution in [0.5, 0.6) is 0 Å². The van der Waals surface area contributed by atoms with Gasteiger partial charge in [-0.25, -0.2) is 0 Å². The van der Waals surface area contributed by atoms with Crippen molar-refractivity contribution in [1.82, 2.24) is 10.2 Å². The molecule has 1 aliphatic rings. The number of likely N-dealkylation sites (N-methyl/N-ethyl adjacent to an activating group) is 1. The van der Waals surface area contributed by atoms with E-state index >= 15 is 0 Å². The molecule has 0 aromatic carbocycles. The largest absolute Gasteiger partial charge is 0.347 e. The van der Waals surface area contributed by atoms with E-state index in [9.17, 15) is 9.59 Å². The lowest BCUT2D eigenvalue weighted by molar-refractivity contribution is -0.131. The Labute approximate surface area is 96.4 Å². The van der Waals surface area contributed by atoms with Gasteiger partial charge < -0.3 is 16.0 Å². The van der Waals surface area contributed by atoms with Gasteiger partial charge in [-0.2, -0.15) is 0 Å². The summed E-state index contributed by atoms with van der Waals surface area (Å²) < 4.78 is 0. The van der Waals surface area contributed by atoms with Crippen molar-refractivity contribution in [3.63, 3.8) is 0 Å². The first-order chi connectivity index (χ1) is 7.43. The first kappa shape index (κ1) is 13.0. The minimum Gasteiger partial charge on any atom is -0.347 e. The summed E-state index contributed by atoms with van der Waals surface area (Å²) in [5.41, 5.74) is 5.73. The van der Waals surface area contributed by atoms with Crippen LogP contribution in [0.4, 0.5) is 0 Å². The van der Waals surface area contributed by atoms with E-state index in [0.29, 0.717) is 6.42 Å². The Hall–Kier alpha value is -1.10. The summed E-state index contributed by atoms with van der Waals surface area (Å²) in [4.78, 5) is 24.3. The van der Waals surface area contributed by atoms with Gasteiger partial charge in [-0.15, -0.1) is 0 Å². The standard InChI is InChI=1S/C11H21N3O2/c1-14(2)10(16)8-13-9(15)7-11(12)5-3-4-6-11/h3-8,12H2,1-2H3,(H,13,15). The summed E-state index contributed by atoms with van der Waals surface area (Å²) in [7, 11) is 3.33. The van der Waals surface area contributed by atoms with Crippen molar-refractivity contribution in [2.45, 2.75) is 37.6 Å². The lowest BCUT2D eigenvalue weighted by atomic mass is 9.94. The molecule has 0 aromatic rings. The highest BCUT2D eigenvalue weighted by molar-refractivity contribution is 5.84. The van der Waals surface area contributed by atoms with Crippen molar-refractivity contribution in [3.8, 4) is 0 Å². The highest BCUT2D eigenvalue weighted by Gasteiger charge is 2.31. The first-order valence-corrected chi connectivity index (χ1v) is 5.69. The zero-order valence-electron chi connectivity index (χ0n) is 10.1. The molecule has 16 heavy (non-hydrogen) atoms. The zero-order valence-corrected chi connectivity index (χ0v) is 10.1. The molecule has 0 saturated heterocycles. The van der Waals surface area contributed by atoms with Crippen LogP contribution in [0.2, 0.25) is 0 Å². The van der Waals surface area contributed by atoms with Crippen LogP contribution in [0.25, 0.3) is 0 Å². The highest BCUT2D eigenvalue weighted by atomic mass is 16.2. The maximum absolute atomic E-state index is 11.6. The summed E-state index contributed by atoms with van der Waals surface area (Å²) in [5, 5.41) is 2.61. The van der Waals surface area contributed by atoms with Gasteiger partial charge >= 0.3 is 0 Å². The van der Waals surface area contributed by atoms with Crippen LogP contribution in [0.3, 0.4) is 0 Å². The molecule has 0 aliphatic heterocycles. The first-order valence-electron chi connectivity index (χ1n) is 5.69. The van der Waals surface area contributed by atoms with Gasteiger partial charge in [-0.05, 0) is 12.8 Å². The van der Waals surface area contributed by atoms with Crippen molar-refractivity contribution in [2.75, 3.05) is 20.6 Å². The molecule has 0 atom stereocenters. The summed E-state index contributed by atoms with van der Waals surface area (Å²) in [6.45, 7) is 0.0575. The van der Waals surface area contributed by atoms with E-state index in [1.807, 2.05) is 0 Å². The second kappa shape index (κ2) is 5.30. The Morgan fingerprint density at radius 3 is 2.38 bits per heavy atom. The van der Waals surface area contributed by atoms with Gasteiger partial charge in [0.05, 0.1) is 6.54 Å². The molecule has 0 aromatic heterocycles. The average molecular weight is 227 g/mol. The average Bonchev–Trinajstić information content (AvgIpc) is 2.60. The van der Waals surface area contributed by atoms with E-state index in [2.05, 4.69) is 5.32 Å². The smallest absolute Gasteiger partial charge is 0.241 e. The molecule has 0 spiro atoms. The molecule has 0 unspecified atom stereocenters. The topological polar surface area (TPSA) is 75.4 Å². The van der Waals surface area contributed by atoms with Crippen molar-refractivity contribution >= 4 is 11.8 Å². The number of nitrogens with zero attached hydrogens (tertiary/aromatic N) is 1. The van der Waals surface area contributed by atoms with E-state index in [4.69, 9.17) is 5.73 Å². The number of carbonyl (C=O) groups excluding carboxylic acids is 2. The van der Waals surface area contributed by atoms with Crippen LogP contribution in [-0.4, -0.2) is 42.9 Å². The fourth-order valence-electron chi connectivity index (χ4n) is 1.97. The van der Waals surface area contributed by atoms with Gasteiger partial charge in [0.2, 0.25) is 11.8 Å². The van der Waals surface area contributed by atoms with Crippen molar-refractivity contribution in [3.05, 3.63) is 0 Å². The molecular weight excluding hydrogens is 206 g/mol. The van der Waals surface area contributed by atoms with Crippen LogP contribution in [-0.2, 0) is 9.59 Å². The molecule has 0 heterocycles. The van der Waals surface area contributed by atoms with Crippen LogP contribution < -0.4 is 11.1 Å². The highest BCUT2D eigenvalue weighted by Crippen LogP contribution is 2.29. The summed E-state index contributed by atoms with van der Waals surface area (Å²) >= 11 is 0. The second-order valence-corrected chi connectivity index (χ2v) is 4.81. The Kier molecular flexibility index (Phi) is 4.29. The van der Waals surface area contributed by atoms with E-state index < -0.39 is 0 Å². The maximum Gasteiger partial charge on any atom is 0.241 e. The second-order valence-electron chi connectivity index (χ2n) is 4.81. The van der Waals surface area contributed by atoms with Gasteiger partial charge in [-0.1, -0.05) is 12.8 Å². The molecule has 5 heteroatoms. The van der Waals surface area contributed by atoms with Crippen molar-refractivity contribution < 1.29 is 9.59 Å². The molecule has 0 bridgehead atoms. The Morgan fingerprint density at radius 1 is 1.31 bits per heavy atom. The van der Waals surface area contributed by atoms with E-state index in [1.54, 1.807) is 14.1 Å².